The molecule has 2 rings (SSSR count). The van der Waals surface area contributed by atoms with Gasteiger partial charge in [-0.1, -0.05) is 45.0 Å². The molecule has 0 radical (unpaired) electrons. The van der Waals surface area contributed by atoms with Crippen molar-refractivity contribution in [2.45, 2.75) is 52.5 Å². The Balaban J connectivity index is 2.10. The van der Waals surface area contributed by atoms with E-state index in [-0.39, 0.29) is 0 Å². The molecule has 0 spiro atoms. The molecule has 0 aliphatic rings. The zero-order valence-corrected chi connectivity index (χ0v) is 14.3. The van der Waals surface area contributed by atoms with Gasteiger partial charge in [0, 0.05) is 5.38 Å². The van der Waals surface area contributed by atoms with Crippen LogP contribution in [-0.2, 0) is 6.42 Å². The van der Waals surface area contributed by atoms with Crippen LogP contribution in [0.3, 0.4) is 0 Å². The van der Waals surface area contributed by atoms with E-state index in [1.54, 1.807) is 11.3 Å². The number of aryl methyl sites for hydroxylation is 1. The molecule has 2 nitrogen and oxygen atoms in total. The summed E-state index contributed by atoms with van der Waals surface area (Å²) in [5, 5.41) is 6.96. The Morgan fingerprint density at radius 2 is 1.90 bits per heavy atom. The predicted molar refractivity (Wildman–Crippen MR) is 92.1 cm³/mol. The maximum Gasteiger partial charge on any atom is 0.0898 e. The highest BCUT2D eigenvalue weighted by atomic mass is 32.1. The van der Waals surface area contributed by atoms with Gasteiger partial charge in [0.25, 0.3) is 0 Å². The van der Waals surface area contributed by atoms with Crippen molar-refractivity contribution in [1.29, 1.82) is 0 Å². The summed E-state index contributed by atoms with van der Waals surface area (Å²) >= 11 is 1.73. The second-order valence-corrected chi connectivity index (χ2v) is 6.96. The lowest BCUT2D eigenvalue weighted by Gasteiger charge is -2.17. The molecule has 21 heavy (non-hydrogen) atoms. The molecule has 1 aromatic heterocycles. The monoisotopic (exact) mass is 302 g/mol. The second-order valence-electron chi connectivity index (χ2n) is 5.90. The maximum atomic E-state index is 4.66. The van der Waals surface area contributed by atoms with Crippen molar-refractivity contribution in [3.05, 3.63) is 51.5 Å². The minimum Gasteiger partial charge on any atom is -0.308 e. The molecular weight excluding hydrogens is 276 g/mol. The Morgan fingerprint density at radius 3 is 2.43 bits per heavy atom. The van der Waals surface area contributed by atoms with E-state index >= 15 is 0 Å². The van der Waals surface area contributed by atoms with Crippen molar-refractivity contribution in [2.24, 2.45) is 0 Å². The molecule has 0 saturated carbocycles. The third kappa shape index (κ3) is 4.65. The summed E-state index contributed by atoms with van der Waals surface area (Å²) in [6.07, 6.45) is 2.15. The molecule has 0 aliphatic carbocycles. The average Bonchev–Trinajstić information content (AvgIpc) is 2.90. The molecule has 1 aromatic carbocycles. The van der Waals surface area contributed by atoms with Crippen LogP contribution in [0.4, 0.5) is 0 Å². The van der Waals surface area contributed by atoms with E-state index in [0.29, 0.717) is 12.0 Å². The fraction of sp³-hybridized carbons (Fsp3) is 0.500. The fourth-order valence-electron chi connectivity index (χ4n) is 2.41. The van der Waals surface area contributed by atoms with Crippen LogP contribution in [-0.4, -0.2) is 11.5 Å². The molecule has 0 saturated heterocycles. The van der Waals surface area contributed by atoms with Crippen LogP contribution in [0.2, 0.25) is 0 Å². The first-order chi connectivity index (χ1) is 10.1. The largest absolute Gasteiger partial charge is 0.308 e. The van der Waals surface area contributed by atoms with Crippen molar-refractivity contribution in [3.63, 3.8) is 0 Å². The highest BCUT2D eigenvalue weighted by molar-refractivity contribution is 7.09. The Bertz CT molecular complexity index is 543. The van der Waals surface area contributed by atoms with E-state index in [4.69, 9.17) is 0 Å². The molecule has 1 atom stereocenters. The van der Waals surface area contributed by atoms with E-state index < -0.39 is 0 Å². The van der Waals surface area contributed by atoms with Gasteiger partial charge in [0.1, 0.15) is 0 Å². The van der Waals surface area contributed by atoms with Gasteiger partial charge in [-0.3, -0.25) is 0 Å². The Morgan fingerprint density at radius 1 is 1.19 bits per heavy atom. The van der Waals surface area contributed by atoms with Crippen LogP contribution in [0.25, 0.3) is 0 Å². The summed E-state index contributed by atoms with van der Waals surface area (Å²) < 4.78 is 0. The number of aromatic nitrogens is 1. The number of nitrogens with one attached hydrogen (secondary N) is 1. The van der Waals surface area contributed by atoms with Gasteiger partial charge < -0.3 is 5.32 Å². The van der Waals surface area contributed by atoms with Gasteiger partial charge in [-0.25, -0.2) is 4.98 Å². The van der Waals surface area contributed by atoms with Crippen LogP contribution in [0.5, 0.6) is 0 Å². The van der Waals surface area contributed by atoms with Crippen molar-refractivity contribution in [3.8, 4) is 0 Å². The van der Waals surface area contributed by atoms with Gasteiger partial charge in [0.15, 0.2) is 0 Å². The predicted octanol–water partition coefficient (Wildman–Crippen LogP) is 4.86. The molecular formula is C18H26N2S. The van der Waals surface area contributed by atoms with Gasteiger partial charge in [0.05, 0.1) is 16.7 Å². The van der Waals surface area contributed by atoms with Gasteiger partial charge in [-0.05, 0) is 43.4 Å². The number of thiazole rings is 1. The maximum absolute atomic E-state index is 4.66. The van der Waals surface area contributed by atoms with E-state index in [2.05, 4.69) is 67.6 Å². The molecule has 1 unspecified atom stereocenters. The van der Waals surface area contributed by atoms with Crippen LogP contribution >= 0.6 is 11.3 Å². The fourth-order valence-corrected chi connectivity index (χ4v) is 3.08. The van der Waals surface area contributed by atoms with Gasteiger partial charge >= 0.3 is 0 Å². The molecule has 1 N–H and O–H groups in total. The van der Waals surface area contributed by atoms with E-state index in [1.807, 2.05) is 0 Å². The SMILES string of the molecule is CCCNC(Cc1ccc(C(C)C)cc1)c1csc(C)n1. The first kappa shape index (κ1) is 16.2. The zero-order valence-electron chi connectivity index (χ0n) is 13.5. The van der Waals surface area contributed by atoms with E-state index in [0.717, 1.165) is 24.4 Å². The minimum atomic E-state index is 0.319. The van der Waals surface area contributed by atoms with Crippen LogP contribution in [0, 0.1) is 6.92 Å². The average molecular weight is 302 g/mol. The van der Waals surface area contributed by atoms with Crippen LogP contribution in [0.1, 0.15) is 61.0 Å². The first-order valence-corrected chi connectivity index (χ1v) is 8.72. The van der Waals surface area contributed by atoms with Gasteiger partial charge in [0.2, 0.25) is 0 Å². The van der Waals surface area contributed by atoms with E-state index in [1.165, 1.54) is 16.8 Å². The first-order valence-electron chi connectivity index (χ1n) is 7.84. The summed E-state index contributed by atoms with van der Waals surface area (Å²) in [6.45, 7) is 9.78. The minimum absolute atomic E-state index is 0.319. The number of hydrogen-bond donors (Lipinski definition) is 1. The summed E-state index contributed by atoms with van der Waals surface area (Å²) in [6, 6.07) is 9.34. The lowest BCUT2D eigenvalue weighted by atomic mass is 9.98. The second kappa shape index (κ2) is 7.71. The van der Waals surface area contributed by atoms with Crippen molar-refractivity contribution >= 4 is 11.3 Å². The Hall–Kier alpha value is -1.19. The van der Waals surface area contributed by atoms with Crippen molar-refractivity contribution in [2.75, 3.05) is 6.54 Å². The summed E-state index contributed by atoms with van der Waals surface area (Å²) in [7, 11) is 0. The van der Waals surface area contributed by atoms with E-state index in [9.17, 15) is 0 Å². The lowest BCUT2D eigenvalue weighted by Crippen LogP contribution is -2.24. The van der Waals surface area contributed by atoms with Crippen molar-refractivity contribution in [1.82, 2.24) is 10.3 Å². The zero-order chi connectivity index (χ0) is 15.2. The number of rotatable bonds is 7. The molecule has 114 valence electrons. The summed E-state index contributed by atoms with van der Waals surface area (Å²) in [5.74, 6) is 0.592. The van der Waals surface area contributed by atoms with Crippen LogP contribution in [0.15, 0.2) is 29.6 Å². The number of nitrogens with zero attached hydrogens (tertiary/aromatic N) is 1. The smallest absolute Gasteiger partial charge is 0.0898 e. The Labute approximate surface area is 132 Å². The Kier molecular flexibility index (Phi) is 5.95. The molecule has 0 fully saturated rings. The third-order valence-corrected chi connectivity index (χ3v) is 4.51. The molecule has 0 bridgehead atoms. The summed E-state index contributed by atoms with van der Waals surface area (Å²) in [5.41, 5.74) is 3.96. The molecule has 0 aliphatic heterocycles. The highest BCUT2D eigenvalue weighted by Gasteiger charge is 2.14. The molecule has 1 heterocycles. The topological polar surface area (TPSA) is 24.9 Å². The molecule has 2 aromatic rings. The van der Waals surface area contributed by atoms with Crippen molar-refractivity contribution < 1.29 is 0 Å². The standard InChI is InChI=1S/C18H26N2S/c1-5-10-19-17(18-12-21-14(4)20-18)11-15-6-8-16(9-7-15)13(2)3/h6-9,12-13,17,19H,5,10-11H2,1-4H3. The summed E-state index contributed by atoms with van der Waals surface area (Å²) in [4.78, 5) is 4.66. The third-order valence-electron chi connectivity index (χ3n) is 3.72. The van der Waals surface area contributed by atoms with Crippen LogP contribution < -0.4 is 5.32 Å². The normalized spacial score (nSPS) is 12.8. The molecule has 0 amide bonds. The molecule has 3 heteroatoms. The number of hydrogen-bond acceptors (Lipinski definition) is 3. The quantitative estimate of drug-likeness (QED) is 0.790. The lowest BCUT2D eigenvalue weighted by molar-refractivity contribution is 0.519. The highest BCUT2D eigenvalue weighted by Crippen LogP contribution is 2.22. The van der Waals surface area contributed by atoms with Gasteiger partial charge in [-0.15, -0.1) is 11.3 Å². The van der Waals surface area contributed by atoms with Gasteiger partial charge in [-0.2, -0.15) is 0 Å². The number of benzene rings is 1.